The normalized spacial score (nSPS) is 21.6. The maximum atomic E-state index is 4.60. The molecule has 2 aromatic rings. The van der Waals surface area contributed by atoms with Crippen molar-refractivity contribution in [1.82, 2.24) is 19.7 Å². The number of aromatic nitrogens is 4. The van der Waals surface area contributed by atoms with Gasteiger partial charge in [-0.3, -0.25) is 4.68 Å². The van der Waals surface area contributed by atoms with Crippen molar-refractivity contribution >= 4 is 5.82 Å². The van der Waals surface area contributed by atoms with Crippen LogP contribution in [0.3, 0.4) is 0 Å². The Morgan fingerprint density at radius 2 is 2.14 bits per heavy atom. The summed E-state index contributed by atoms with van der Waals surface area (Å²) in [5, 5.41) is 4.32. The summed E-state index contributed by atoms with van der Waals surface area (Å²) in [6.45, 7) is 2.15. The van der Waals surface area contributed by atoms with E-state index in [9.17, 15) is 0 Å². The number of nitrogens with zero attached hydrogens (tertiary/aromatic N) is 5. The van der Waals surface area contributed by atoms with E-state index in [2.05, 4.69) is 26.0 Å². The number of piperidine rings is 1. The molecule has 0 saturated carbocycles. The maximum Gasteiger partial charge on any atom is 0.135 e. The van der Waals surface area contributed by atoms with Crippen molar-refractivity contribution in [3.8, 4) is 0 Å². The zero-order valence-electron chi connectivity index (χ0n) is 12.5. The summed E-state index contributed by atoms with van der Waals surface area (Å²) < 4.78 is 2.01. The van der Waals surface area contributed by atoms with Gasteiger partial charge in [0.2, 0.25) is 0 Å². The van der Waals surface area contributed by atoms with Gasteiger partial charge in [-0.05, 0) is 38.2 Å². The fourth-order valence-corrected chi connectivity index (χ4v) is 3.81. The van der Waals surface area contributed by atoms with Crippen molar-refractivity contribution in [1.29, 1.82) is 0 Å². The van der Waals surface area contributed by atoms with Crippen molar-refractivity contribution in [2.45, 2.75) is 38.0 Å². The molecule has 1 aliphatic heterocycles. The molecule has 1 atom stereocenters. The lowest BCUT2D eigenvalue weighted by Gasteiger charge is -2.34. The second kappa shape index (κ2) is 5.13. The Morgan fingerprint density at radius 1 is 1.19 bits per heavy atom. The van der Waals surface area contributed by atoms with Crippen LogP contribution in [0.15, 0.2) is 18.6 Å². The lowest BCUT2D eigenvalue weighted by atomic mass is 9.94. The summed E-state index contributed by atoms with van der Waals surface area (Å²) in [4.78, 5) is 11.5. The number of fused-ring (bicyclic) bond motifs is 1. The zero-order valence-corrected chi connectivity index (χ0v) is 12.5. The highest BCUT2D eigenvalue weighted by Gasteiger charge is 2.27. The van der Waals surface area contributed by atoms with Crippen molar-refractivity contribution in [3.05, 3.63) is 35.5 Å². The maximum absolute atomic E-state index is 4.60. The molecule has 0 N–H and O–H groups in total. The largest absolute Gasteiger partial charge is 0.356 e. The van der Waals surface area contributed by atoms with Gasteiger partial charge in [0.15, 0.2) is 0 Å². The van der Waals surface area contributed by atoms with E-state index in [0.29, 0.717) is 5.92 Å². The Bertz CT molecular complexity index is 648. The summed E-state index contributed by atoms with van der Waals surface area (Å²) >= 11 is 0. The van der Waals surface area contributed by atoms with E-state index in [1.807, 2.05) is 17.9 Å². The Labute approximate surface area is 125 Å². The van der Waals surface area contributed by atoms with Crippen molar-refractivity contribution in [3.63, 3.8) is 0 Å². The first kappa shape index (κ1) is 12.8. The molecule has 1 unspecified atom stereocenters. The molecule has 1 saturated heterocycles. The second-order valence-corrected chi connectivity index (χ2v) is 6.14. The van der Waals surface area contributed by atoms with Crippen molar-refractivity contribution in [2.75, 3.05) is 18.0 Å². The predicted molar refractivity (Wildman–Crippen MR) is 81.5 cm³/mol. The molecule has 0 bridgehead atoms. The van der Waals surface area contributed by atoms with Crippen molar-refractivity contribution < 1.29 is 0 Å². The van der Waals surface area contributed by atoms with E-state index in [-0.39, 0.29) is 0 Å². The topological polar surface area (TPSA) is 46.8 Å². The molecular weight excluding hydrogens is 262 g/mol. The summed E-state index contributed by atoms with van der Waals surface area (Å²) in [6.07, 6.45) is 9.57. The van der Waals surface area contributed by atoms with E-state index in [1.54, 1.807) is 6.33 Å². The molecule has 5 nitrogen and oxygen atoms in total. The molecule has 4 rings (SSSR count). The number of aryl methyl sites for hydroxylation is 2. The number of hydrogen-bond acceptors (Lipinski definition) is 4. The molecule has 1 aliphatic carbocycles. The van der Waals surface area contributed by atoms with Crippen LogP contribution in [0.25, 0.3) is 0 Å². The van der Waals surface area contributed by atoms with E-state index in [4.69, 9.17) is 0 Å². The predicted octanol–water partition coefficient (Wildman–Crippen LogP) is 2.08. The SMILES string of the molecule is Cn1nccc1C1CCCN(c2ncnc3c2CCC3)C1. The third-order valence-electron chi connectivity index (χ3n) is 4.85. The number of hydrogen-bond donors (Lipinski definition) is 0. The van der Waals surface area contributed by atoms with Crippen LogP contribution in [0.1, 0.15) is 42.1 Å². The highest BCUT2D eigenvalue weighted by atomic mass is 15.3. The van der Waals surface area contributed by atoms with Gasteiger partial charge in [-0.15, -0.1) is 0 Å². The van der Waals surface area contributed by atoms with Crippen LogP contribution in [0, 0.1) is 0 Å². The van der Waals surface area contributed by atoms with Crippen LogP contribution in [0.4, 0.5) is 5.82 Å². The summed E-state index contributed by atoms with van der Waals surface area (Å²) in [5.41, 5.74) is 4.00. The first-order valence-electron chi connectivity index (χ1n) is 7.88. The van der Waals surface area contributed by atoms with Crippen LogP contribution in [-0.2, 0) is 19.9 Å². The van der Waals surface area contributed by atoms with Crippen LogP contribution < -0.4 is 4.90 Å². The zero-order chi connectivity index (χ0) is 14.2. The molecule has 0 radical (unpaired) electrons. The van der Waals surface area contributed by atoms with Gasteiger partial charge < -0.3 is 4.90 Å². The fourth-order valence-electron chi connectivity index (χ4n) is 3.81. The molecule has 0 aromatic carbocycles. The monoisotopic (exact) mass is 283 g/mol. The molecule has 3 heterocycles. The van der Waals surface area contributed by atoms with Crippen LogP contribution in [0.2, 0.25) is 0 Å². The Kier molecular flexibility index (Phi) is 3.13. The smallest absolute Gasteiger partial charge is 0.135 e. The average molecular weight is 283 g/mol. The van der Waals surface area contributed by atoms with Gasteiger partial charge in [0.1, 0.15) is 12.1 Å². The van der Waals surface area contributed by atoms with Crippen LogP contribution in [-0.4, -0.2) is 32.8 Å². The summed E-state index contributed by atoms with van der Waals surface area (Å²) in [7, 11) is 2.04. The van der Waals surface area contributed by atoms with Gasteiger partial charge >= 0.3 is 0 Å². The van der Waals surface area contributed by atoms with Gasteiger partial charge in [0.05, 0.1) is 0 Å². The quantitative estimate of drug-likeness (QED) is 0.846. The molecule has 5 heteroatoms. The van der Waals surface area contributed by atoms with Gasteiger partial charge in [-0.1, -0.05) is 0 Å². The Hall–Kier alpha value is -1.91. The lowest BCUT2D eigenvalue weighted by Crippen LogP contribution is -2.36. The number of rotatable bonds is 2. The minimum atomic E-state index is 0.554. The minimum Gasteiger partial charge on any atom is -0.356 e. The molecule has 2 aliphatic rings. The van der Waals surface area contributed by atoms with Crippen LogP contribution >= 0.6 is 0 Å². The van der Waals surface area contributed by atoms with Gasteiger partial charge in [-0.25, -0.2) is 9.97 Å². The molecular formula is C16H21N5. The standard InChI is InChI=1S/C16H21N5/c1-20-15(7-8-19-20)12-4-3-9-21(10-12)16-13-5-2-6-14(13)17-11-18-16/h7-8,11-12H,2-6,9-10H2,1H3. The molecule has 1 fully saturated rings. The average Bonchev–Trinajstić information content (AvgIpc) is 3.15. The number of anilines is 1. The molecule has 0 amide bonds. The molecule has 2 aromatic heterocycles. The van der Waals surface area contributed by atoms with E-state index in [1.165, 1.54) is 42.0 Å². The molecule has 110 valence electrons. The minimum absolute atomic E-state index is 0.554. The molecule has 21 heavy (non-hydrogen) atoms. The third kappa shape index (κ3) is 2.20. The van der Waals surface area contributed by atoms with Gasteiger partial charge in [0, 0.05) is 49.2 Å². The Balaban J connectivity index is 1.62. The van der Waals surface area contributed by atoms with Gasteiger partial charge in [0.25, 0.3) is 0 Å². The summed E-state index contributed by atoms with van der Waals surface area (Å²) in [5.74, 6) is 1.74. The van der Waals surface area contributed by atoms with Crippen LogP contribution in [0.5, 0.6) is 0 Å². The van der Waals surface area contributed by atoms with E-state index in [0.717, 1.165) is 25.9 Å². The fraction of sp³-hybridized carbons (Fsp3) is 0.562. The highest BCUT2D eigenvalue weighted by molar-refractivity contribution is 5.51. The van der Waals surface area contributed by atoms with Crippen molar-refractivity contribution in [2.24, 2.45) is 7.05 Å². The van der Waals surface area contributed by atoms with E-state index >= 15 is 0 Å². The highest BCUT2D eigenvalue weighted by Crippen LogP contribution is 2.33. The van der Waals surface area contributed by atoms with Gasteiger partial charge in [-0.2, -0.15) is 5.10 Å². The first-order valence-corrected chi connectivity index (χ1v) is 7.88. The molecule has 0 spiro atoms. The lowest BCUT2D eigenvalue weighted by molar-refractivity contribution is 0.480. The third-order valence-corrected chi connectivity index (χ3v) is 4.85. The second-order valence-electron chi connectivity index (χ2n) is 6.14. The van der Waals surface area contributed by atoms with E-state index < -0.39 is 0 Å². The summed E-state index contributed by atoms with van der Waals surface area (Å²) in [6, 6.07) is 2.15. The first-order chi connectivity index (χ1) is 10.3. The Morgan fingerprint density at radius 3 is 3.00 bits per heavy atom.